The Labute approximate surface area is 86.1 Å². The van der Waals surface area contributed by atoms with Gasteiger partial charge in [0.2, 0.25) is 5.91 Å². The smallest absolute Gasteiger partial charge is 0.274 e. The van der Waals surface area contributed by atoms with Crippen LogP contribution in [0.25, 0.3) is 0 Å². The molecule has 15 heavy (non-hydrogen) atoms. The zero-order valence-corrected chi connectivity index (χ0v) is 7.96. The van der Waals surface area contributed by atoms with Gasteiger partial charge in [0.05, 0.1) is 12.1 Å². The maximum atomic E-state index is 11.7. The summed E-state index contributed by atoms with van der Waals surface area (Å²) in [6.07, 6.45) is 4.36. The minimum atomic E-state index is -0.363. The highest BCUT2D eigenvalue weighted by atomic mass is 16.2. The van der Waals surface area contributed by atoms with Gasteiger partial charge in [-0.15, -0.1) is 0 Å². The van der Waals surface area contributed by atoms with Crippen molar-refractivity contribution in [3.63, 3.8) is 0 Å². The zero-order chi connectivity index (χ0) is 10.8. The number of aromatic nitrogens is 2. The third kappa shape index (κ3) is 1.78. The van der Waals surface area contributed by atoms with E-state index in [9.17, 15) is 9.59 Å². The molecule has 1 aromatic heterocycles. The lowest BCUT2D eigenvalue weighted by atomic mass is 9.99. The van der Waals surface area contributed by atoms with Crippen LogP contribution in [0.4, 0.5) is 0 Å². The molecule has 0 spiro atoms. The van der Waals surface area contributed by atoms with Crippen LogP contribution in [-0.2, 0) is 4.79 Å². The fourth-order valence-corrected chi connectivity index (χ4v) is 1.40. The highest BCUT2D eigenvalue weighted by Crippen LogP contribution is 2.16. The minimum Gasteiger partial charge on any atom is -0.369 e. The van der Waals surface area contributed by atoms with E-state index in [0.29, 0.717) is 18.8 Å². The molecule has 1 fully saturated rings. The van der Waals surface area contributed by atoms with Gasteiger partial charge in [0.1, 0.15) is 5.69 Å². The van der Waals surface area contributed by atoms with Crippen molar-refractivity contribution < 1.29 is 9.59 Å². The van der Waals surface area contributed by atoms with Crippen LogP contribution >= 0.6 is 0 Å². The monoisotopic (exact) mass is 206 g/mol. The number of hydrogen-bond donors (Lipinski definition) is 1. The third-order valence-electron chi connectivity index (χ3n) is 2.35. The molecular formula is C9H10N4O2. The summed E-state index contributed by atoms with van der Waals surface area (Å²) in [5.41, 5.74) is 5.39. The van der Waals surface area contributed by atoms with Crippen LogP contribution in [0.15, 0.2) is 18.6 Å². The third-order valence-corrected chi connectivity index (χ3v) is 2.35. The first kappa shape index (κ1) is 9.57. The molecule has 0 atom stereocenters. The van der Waals surface area contributed by atoms with Gasteiger partial charge in [-0.3, -0.25) is 14.6 Å². The molecule has 1 aliphatic heterocycles. The predicted octanol–water partition coefficient (Wildman–Crippen LogP) is -0.966. The van der Waals surface area contributed by atoms with E-state index in [1.807, 2.05) is 0 Å². The first-order valence-electron chi connectivity index (χ1n) is 4.53. The van der Waals surface area contributed by atoms with Gasteiger partial charge in [0, 0.05) is 25.5 Å². The lowest BCUT2D eigenvalue weighted by Gasteiger charge is -2.36. The zero-order valence-electron chi connectivity index (χ0n) is 7.96. The van der Waals surface area contributed by atoms with Gasteiger partial charge in [0.15, 0.2) is 0 Å². The fraction of sp³-hybridized carbons (Fsp3) is 0.333. The number of amides is 2. The summed E-state index contributed by atoms with van der Waals surface area (Å²) in [5.74, 6) is -0.788. The molecule has 6 nitrogen and oxygen atoms in total. The van der Waals surface area contributed by atoms with E-state index in [1.165, 1.54) is 23.5 Å². The van der Waals surface area contributed by atoms with Crippen molar-refractivity contribution in [2.45, 2.75) is 0 Å². The largest absolute Gasteiger partial charge is 0.369 e. The number of primary amides is 1. The summed E-state index contributed by atoms with van der Waals surface area (Å²) >= 11 is 0. The molecule has 1 saturated heterocycles. The van der Waals surface area contributed by atoms with Crippen molar-refractivity contribution in [2.24, 2.45) is 11.7 Å². The summed E-state index contributed by atoms with van der Waals surface area (Å²) in [5, 5.41) is 0. The van der Waals surface area contributed by atoms with Crippen molar-refractivity contribution in [1.29, 1.82) is 0 Å². The Morgan fingerprint density at radius 1 is 1.40 bits per heavy atom. The second kappa shape index (κ2) is 3.64. The molecule has 0 unspecified atom stereocenters. The van der Waals surface area contributed by atoms with Crippen molar-refractivity contribution in [3.8, 4) is 0 Å². The Balaban J connectivity index is 1.98. The van der Waals surface area contributed by atoms with Gasteiger partial charge in [-0.05, 0) is 0 Å². The number of likely N-dealkylation sites (tertiary alicyclic amines) is 1. The topological polar surface area (TPSA) is 89.2 Å². The maximum Gasteiger partial charge on any atom is 0.274 e. The van der Waals surface area contributed by atoms with Crippen LogP contribution in [0.5, 0.6) is 0 Å². The number of rotatable bonds is 2. The molecule has 0 aliphatic carbocycles. The van der Waals surface area contributed by atoms with Crippen molar-refractivity contribution in [2.75, 3.05) is 13.1 Å². The Hall–Kier alpha value is -1.98. The van der Waals surface area contributed by atoms with Crippen molar-refractivity contribution in [1.82, 2.24) is 14.9 Å². The standard InChI is InChI=1S/C9H10N4O2/c10-8(14)6-4-13(5-6)9(15)7-3-11-1-2-12-7/h1-3,6H,4-5H2,(H2,10,14). The van der Waals surface area contributed by atoms with Crippen LogP contribution in [0.2, 0.25) is 0 Å². The molecular weight excluding hydrogens is 196 g/mol. The van der Waals surface area contributed by atoms with E-state index in [0.717, 1.165) is 0 Å². The molecule has 0 radical (unpaired) electrons. The summed E-state index contributed by atoms with van der Waals surface area (Å²) in [6.45, 7) is 0.759. The van der Waals surface area contributed by atoms with Crippen LogP contribution < -0.4 is 5.73 Å². The molecule has 0 bridgehead atoms. The van der Waals surface area contributed by atoms with E-state index in [1.54, 1.807) is 0 Å². The number of nitrogens with zero attached hydrogens (tertiary/aromatic N) is 3. The molecule has 78 valence electrons. The first-order valence-corrected chi connectivity index (χ1v) is 4.53. The number of carbonyl (C=O) groups is 2. The summed E-state index contributed by atoms with van der Waals surface area (Å²) < 4.78 is 0. The molecule has 0 saturated carbocycles. The molecule has 2 N–H and O–H groups in total. The Morgan fingerprint density at radius 3 is 2.67 bits per heavy atom. The molecule has 2 heterocycles. The average Bonchev–Trinajstić information content (AvgIpc) is 2.16. The lowest BCUT2D eigenvalue weighted by molar-refractivity contribution is -0.125. The van der Waals surface area contributed by atoms with E-state index < -0.39 is 0 Å². The minimum absolute atomic E-state index is 0.208. The van der Waals surface area contributed by atoms with Gasteiger partial charge in [-0.1, -0.05) is 0 Å². The SMILES string of the molecule is NC(=O)C1CN(C(=O)c2cnccn2)C1. The van der Waals surface area contributed by atoms with Crippen molar-refractivity contribution in [3.05, 3.63) is 24.3 Å². The lowest BCUT2D eigenvalue weighted by Crippen LogP contribution is -2.54. The van der Waals surface area contributed by atoms with Gasteiger partial charge in [-0.2, -0.15) is 0 Å². The van der Waals surface area contributed by atoms with Crippen LogP contribution in [0, 0.1) is 5.92 Å². The summed E-state index contributed by atoms with van der Waals surface area (Å²) in [6, 6.07) is 0. The first-order chi connectivity index (χ1) is 7.18. The number of hydrogen-bond acceptors (Lipinski definition) is 4. The molecule has 1 aromatic rings. The maximum absolute atomic E-state index is 11.7. The van der Waals surface area contributed by atoms with Crippen LogP contribution in [0.3, 0.4) is 0 Å². The van der Waals surface area contributed by atoms with E-state index in [-0.39, 0.29) is 17.7 Å². The van der Waals surface area contributed by atoms with E-state index >= 15 is 0 Å². The Kier molecular flexibility index (Phi) is 2.32. The highest BCUT2D eigenvalue weighted by molar-refractivity contribution is 5.94. The molecule has 1 aliphatic rings. The second-order valence-corrected chi connectivity index (χ2v) is 3.40. The highest BCUT2D eigenvalue weighted by Gasteiger charge is 2.35. The van der Waals surface area contributed by atoms with Gasteiger partial charge in [0.25, 0.3) is 5.91 Å². The summed E-state index contributed by atoms with van der Waals surface area (Å²) in [4.78, 5) is 31.6. The molecule has 0 aromatic carbocycles. The van der Waals surface area contributed by atoms with Gasteiger partial charge < -0.3 is 10.6 Å². The van der Waals surface area contributed by atoms with Crippen LogP contribution in [0.1, 0.15) is 10.5 Å². The summed E-state index contributed by atoms with van der Waals surface area (Å²) in [7, 11) is 0. The Bertz CT molecular complexity index is 386. The van der Waals surface area contributed by atoms with E-state index in [4.69, 9.17) is 5.73 Å². The molecule has 2 rings (SSSR count). The molecule has 6 heteroatoms. The number of nitrogens with two attached hydrogens (primary N) is 1. The van der Waals surface area contributed by atoms with Gasteiger partial charge in [-0.25, -0.2) is 4.98 Å². The Morgan fingerprint density at radius 2 is 2.13 bits per heavy atom. The second-order valence-electron chi connectivity index (χ2n) is 3.40. The predicted molar refractivity (Wildman–Crippen MR) is 50.6 cm³/mol. The average molecular weight is 206 g/mol. The molecule has 2 amide bonds. The normalized spacial score (nSPS) is 15.9. The quantitative estimate of drug-likeness (QED) is 0.674. The fourth-order valence-electron chi connectivity index (χ4n) is 1.40. The van der Waals surface area contributed by atoms with Crippen molar-refractivity contribution >= 4 is 11.8 Å². The number of carbonyl (C=O) groups excluding carboxylic acids is 2. The van der Waals surface area contributed by atoms with Crippen LogP contribution in [-0.4, -0.2) is 39.8 Å². The van der Waals surface area contributed by atoms with E-state index in [2.05, 4.69) is 9.97 Å². The van der Waals surface area contributed by atoms with Gasteiger partial charge >= 0.3 is 0 Å².